The summed E-state index contributed by atoms with van der Waals surface area (Å²) < 4.78 is 11.0. The number of aromatic nitrogens is 1. The fraction of sp³-hybridized carbons (Fsp3) is 0.143. The zero-order valence-corrected chi connectivity index (χ0v) is 10.0. The summed E-state index contributed by atoms with van der Waals surface area (Å²) in [5, 5.41) is 0. The molecule has 2 aromatic rings. The SMILES string of the molecule is COc1cccc2c1N=C(c1cccc[nH+]1)CO2. The average Bonchev–Trinajstić information content (AvgIpc) is 2.47. The van der Waals surface area contributed by atoms with Crippen molar-refractivity contribution in [3.05, 3.63) is 48.3 Å². The molecule has 0 atom stereocenters. The van der Waals surface area contributed by atoms with Gasteiger partial charge < -0.3 is 9.47 Å². The van der Waals surface area contributed by atoms with E-state index < -0.39 is 0 Å². The van der Waals surface area contributed by atoms with E-state index in [4.69, 9.17) is 9.47 Å². The first kappa shape index (κ1) is 10.8. The molecule has 90 valence electrons. The van der Waals surface area contributed by atoms with Crippen molar-refractivity contribution in [2.75, 3.05) is 13.7 Å². The molecule has 1 aromatic heterocycles. The van der Waals surface area contributed by atoms with Crippen LogP contribution >= 0.6 is 0 Å². The highest BCUT2D eigenvalue weighted by Crippen LogP contribution is 2.39. The topological polar surface area (TPSA) is 45.0 Å². The minimum absolute atomic E-state index is 0.459. The molecule has 18 heavy (non-hydrogen) atoms. The van der Waals surface area contributed by atoms with Crippen LogP contribution in [-0.2, 0) is 0 Å². The third kappa shape index (κ3) is 1.82. The summed E-state index contributed by atoms with van der Waals surface area (Å²) in [6.45, 7) is 0.459. The van der Waals surface area contributed by atoms with Crippen LogP contribution in [0, 0.1) is 0 Å². The minimum atomic E-state index is 0.459. The molecule has 3 rings (SSSR count). The summed E-state index contributed by atoms with van der Waals surface area (Å²) in [6.07, 6.45) is 1.87. The molecule has 0 unspecified atom stereocenters. The number of para-hydroxylation sites is 1. The van der Waals surface area contributed by atoms with E-state index in [-0.39, 0.29) is 0 Å². The van der Waals surface area contributed by atoms with E-state index in [0.717, 1.165) is 28.6 Å². The lowest BCUT2D eigenvalue weighted by atomic mass is 10.2. The van der Waals surface area contributed by atoms with Crippen molar-refractivity contribution in [1.82, 2.24) is 0 Å². The van der Waals surface area contributed by atoms with E-state index in [2.05, 4.69) is 9.98 Å². The maximum atomic E-state index is 5.70. The Morgan fingerprint density at radius 3 is 2.94 bits per heavy atom. The summed E-state index contributed by atoms with van der Waals surface area (Å²) in [5.41, 5.74) is 2.57. The van der Waals surface area contributed by atoms with Crippen LogP contribution < -0.4 is 14.5 Å². The standard InChI is InChI=1S/C14H12N2O2/c1-17-12-6-4-7-13-14(12)16-11(9-18-13)10-5-2-3-8-15-10/h2-8H,9H2,1H3/p+1. The quantitative estimate of drug-likeness (QED) is 0.807. The first-order valence-electron chi connectivity index (χ1n) is 5.73. The van der Waals surface area contributed by atoms with Crippen LogP contribution in [0.15, 0.2) is 47.6 Å². The number of pyridine rings is 1. The van der Waals surface area contributed by atoms with Crippen LogP contribution in [0.5, 0.6) is 11.5 Å². The number of nitrogens with one attached hydrogen (secondary N) is 1. The highest BCUT2D eigenvalue weighted by molar-refractivity contribution is 6.02. The highest BCUT2D eigenvalue weighted by Gasteiger charge is 2.20. The molecule has 4 nitrogen and oxygen atoms in total. The van der Waals surface area contributed by atoms with Crippen molar-refractivity contribution in [3.8, 4) is 11.5 Å². The lowest BCUT2D eigenvalue weighted by Gasteiger charge is -2.16. The third-order valence-corrected chi connectivity index (χ3v) is 2.81. The van der Waals surface area contributed by atoms with E-state index in [1.807, 2.05) is 42.6 Å². The maximum absolute atomic E-state index is 5.70. The molecule has 0 saturated carbocycles. The molecule has 1 N–H and O–H groups in total. The van der Waals surface area contributed by atoms with Gasteiger partial charge in [0.25, 0.3) is 0 Å². The molecule has 4 heteroatoms. The molecule has 1 aromatic carbocycles. The van der Waals surface area contributed by atoms with Crippen LogP contribution in [0.25, 0.3) is 0 Å². The van der Waals surface area contributed by atoms with Crippen molar-refractivity contribution in [2.45, 2.75) is 0 Å². The number of fused-ring (bicyclic) bond motifs is 1. The van der Waals surface area contributed by atoms with Gasteiger partial charge in [-0.3, -0.25) is 0 Å². The Morgan fingerprint density at radius 1 is 1.22 bits per heavy atom. The van der Waals surface area contributed by atoms with Gasteiger partial charge in [0.05, 0.1) is 7.11 Å². The minimum Gasteiger partial charge on any atom is -0.494 e. The average molecular weight is 241 g/mol. The smallest absolute Gasteiger partial charge is 0.228 e. The van der Waals surface area contributed by atoms with Crippen LogP contribution in [0.2, 0.25) is 0 Å². The number of nitrogens with zero attached hydrogens (tertiary/aromatic N) is 1. The number of H-pyrrole nitrogens is 1. The molecule has 0 amide bonds. The number of hydrogen-bond acceptors (Lipinski definition) is 3. The molecule has 0 bridgehead atoms. The predicted molar refractivity (Wildman–Crippen MR) is 67.7 cm³/mol. The number of hydrogen-bond donors (Lipinski definition) is 0. The van der Waals surface area contributed by atoms with Gasteiger partial charge in [0.15, 0.2) is 6.20 Å². The molecule has 0 aliphatic carbocycles. The number of methoxy groups -OCH3 is 1. The van der Waals surface area contributed by atoms with Crippen LogP contribution in [0.3, 0.4) is 0 Å². The molecule has 2 heterocycles. The number of aliphatic imine (C=N–C) groups is 1. The van der Waals surface area contributed by atoms with E-state index in [9.17, 15) is 0 Å². The lowest BCUT2D eigenvalue weighted by Crippen LogP contribution is -2.24. The Labute approximate surface area is 105 Å². The zero-order chi connectivity index (χ0) is 12.4. The van der Waals surface area contributed by atoms with Gasteiger partial charge in [0, 0.05) is 12.1 Å². The van der Waals surface area contributed by atoms with Gasteiger partial charge in [0.2, 0.25) is 5.69 Å². The van der Waals surface area contributed by atoms with Gasteiger partial charge in [-0.1, -0.05) is 6.07 Å². The number of aromatic amines is 1. The predicted octanol–water partition coefficient (Wildman–Crippen LogP) is 2.02. The second-order valence-corrected chi connectivity index (χ2v) is 3.93. The molecule has 0 spiro atoms. The Morgan fingerprint density at radius 2 is 2.17 bits per heavy atom. The first-order chi connectivity index (χ1) is 8.88. The Kier molecular flexibility index (Phi) is 2.68. The Bertz CT molecular complexity index is 594. The molecule has 0 radical (unpaired) electrons. The normalized spacial score (nSPS) is 13.3. The second-order valence-electron chi connectivity index (χ2n) is 3.93. The molecule has 0 saturated heterocycles. The van der Waals surface area contributed by atoms with Gasteiger partial charge in [-0.25, -0.2) is 9.98 Å². The van der Waals surface area contributed by atoms with E-state index in [1.54, 1.807) is 7.11 Å². The monoisotopic (exact) mass is 241 g/mol. The summed E-state index contributed by atoms with van der Waals surface area (Å²) in [4.78, 5) is 7.78. The van der Waals surface area contributed by atoms with Crippen molar-refractivity contribution < 1.29 is 14.5 Å². The molecule has 1 aliphatic heterocycles. The van der Waals surface area contributed by atoms with Gasteiger partial charge in [-0.15, -0.1) is 0 Å². The summed E-state index contributed by atoms with van der Waals surface area (Å²) in [7, 11) is 1.63. The van der Waals surface area contributed by atoms with Gasteiger partial charge in [0.1, 0.15) is 29.5 Å². The zero-order valence-electron chi connectivity index (χ0n) is 10.0. The van der Waals surface area contributed by atoms with Crippen LogP contribution in [0.1, 0.15) is 5.69 Å². The summed E-state index contributed by atoms with van der Waals surface area (Å²) in [5.74, 6) is 1.48. The Balaban J connectivity index is 2.08. The molecular weight excluding hydrogens is 228 g/mol. The lowest BCUT2D eigenvalue weighted by molar-refractivity contribution is -0.380. The molecule has 1 aliphatic rings. The van der Waals surface area contributed by atoms with Crippen molar-refractivity contribution in [1.29, 1.82) is 0 Å². The summed E-state index contributed by atoms with van der Waals surface area (Å²) >= 11 is 0. The van der Waals surface area contributed by atoms with Crippen LogP contribution in [-0.4, -0.2) is 19.4 Å². The van der Waals surface area contributed by atoms with E-state index in [1.165, 1.54) is 0 Å². The third-order valence-electron chi connectivity index (χ3n) is 2.81. The van der Waals surface area contributed by atoms with Gasteiger partial charge in [-0.2, -0.15) is 0 Å². The fourth-order valence-corrected chi connectivity index (χ4v) is 1.92. The van der Waals surface area contributed by atoms with E-state index >= 15 is 0 Å². The van der Waals surface area contributed by atoms with Crippen molar-refractivity contribution in [3.63, 3.8) is 0 Å². The molecule has 0 fully saturated rings. The van der Waals surface area contributed by atoms with Crippen LogP contribution in [0.4, 0.5) is 5.69 Å². The highest BCUT2D eigenvalue weighted by atomic mass is 16.5. The van der Waals surface area contributed by atoms with Gasteiger partial charge >= 0.3 is 0 Å². The maximum Gasteiger partial charge on any atom is 0.228 e. The van der Waals surface area contributed by atoms with Crippen molar-refractivity contribution >= 4 is 11.4 Å². The Hall–Kier alpha value is -2.36. The fourth-order valence-electron chi connectivity index (χ4n) is 1.92. The second kappa shape index (κ2) is 4.49. The van der Waals surface area contributed by atoms with E-state index in [0.29, 0.717) is 6.61 Å². The first-order valence-corrected chi connectivity index (χ1v) is 5.73. The number of rotatable bonds is 2. The molecular formula is C14H13N2O2+. The number of benzene rings is 1. The van der Waals surface area contributed by atoms with Crippen molar-refractivity contribution in [2.24, 2.45) is 4.99 Å². The summed E-state index contributed by atoms with van der Waals surface area (Å²) in [6, 6.07) is 11.5. The van der Waals surface area contributed by atoms with Gasteiger partial charge in [-0.05, 0) is 18.2 Å². The largest absolute Gasteiger partial charge is 0.494 e. The number of ether oxygens (including phenoxy) is 2.